The SMILES string of the molecule is Cc1c(C)n(C)c2c(CN(C)c3ccc(F)cc3)nccc12. The molecule has 0 saturated carbocycles. The van der Waals surface area contributed by atoms with E-state index in [-0.39, 0.29) is 5.82 Å². The minimum Gasteiger partial charge on any atom is -0.369 e. The van der Waals surface area contributed by atoms with Crippen molar-refractivity contribution in [2.75, 3.05) is 11.9 Å². The molecule has 22 heavy (non-hydrogen) atoms. The summed E-state index contributed by atoms with van der Waals surface area (Å²) in [7, 11) is 4.07. The number of anilines is 1. The summed E-state index contributed by atoms with van der Waals surface area (Å²) in [5, 5.41) is 1.25. The van der Waals surface area contributed by atoms with Crippen LogP contribution < -0.4 is 4.90 Å². The number of fused-ring (bicyclic) bond motifs is 1. The molecule has 2 heterocycles. The van der Waals surface area contributed by atoms with Gasteiger partial charge in [0.05, 0.1) is 17.8 Å². The van der Waals surface area contributed by atoms with Gasteiger partial charge in [0.15, 0.2) is 0 Å². The van der Waals surface area contributed by atoms with Crippen LogP contribution in [0.25, 0.3) is 10.9 Å². The quantitative estimate of drug-likeness (QED) is 0.729. The number of pyridine rings is 1. The maximum Gasteiger partial charge on any atom is 0.123 e. The van der Waals surface area contributed by atoms with Crippen LogP contribution in [0.15, 0.2) is 36.5 Å². The van der Waals surface area contributed by atoms with Gasteiger partial charge in [-0.2, -0.15) is 0 Å². The predicted molar refractivity (Wildman–Crippen MR) is 88.7 cm³/mol. The smallest absolute Gasteiger partial charge is 0.123 e. The second-order valence-corrected chi connectivity index (χ2v) is 5.76. The van der Waals surface area contributed by atoms with Gasteiger partial charge in [-0.1, -0.05) is 0 Å². The Hall–Kier alpha value is -2.36. The Labute approximate surface area is 130 Å². The third-order valence-electron chi connectivity index (χ3n) is 4.44. The average molecular weight is 297 g/mol. The molecular formula is C18H20FN3. The molecule has 0 aliphatic carbocycles. The molecule has 0 N–H and O–H groups in total. The highest BCUT2D eigenvalue weighted by molar-refractivity contribution is 5.87. The summed E-state index contributed by atoms with van der Waals surface area (Å²) in [6, 6.07) is 8.61. The van der Waals surface area contributed by atoms with E-state index in [2.05, 4.69) is 41.4 Å². The van der Waals surface area contributed by atoms with Gasteiger partial charge in [0.25, 0.3) is 0 Å². The van der Waals surface area contributed by atoms with Gasteiger partial charge in [-0.3, -0.25) is 4.98 Å². The molecule has 0 aliphatic heterocycles. The van der Waals surface area contributed by atoms with Crippen molar-refractivity contribution in [3.05, 3.63) is 59.3 Å². The summed E-state index contributed by atoms with van der Waals surface area (Å²) in [6.45, 7) is 4.95. The third-order valence-corrected chi connectivity index (χ3v) is 4.44. The predicted octanol–water partition coefficient (Wildman–Crippen LogP) is 3.97. The fraction of sp³-hybridized carbons (Fsp3) is 0.278. The van der Waals surface area contributed by atoms with Crippen LogP contribution in [-0.2, 0) is 13.6 Å². The number of rotatable bonds is 3. The lowest BCUT2D eigenvalue weighted by atomic mass is 10.1. The number of nitrogens with zero attached hydrogens (tertiary/aromatic N) is 3. The highest BCUT2D eigenvalue weighted by Gasteiger charge is 2.14. The molecule has 0 saturated heterocycles. The molecule has 3 rings (SSSR count). The molecule has 0 spiro atoms. The van der Waals surface area contributed by atoms with Gasteiger partial charge in [0.2, 0.25) is 0 Å². The van der Waals surface area contributed by atoms with Gasteiger partial charge >= 0.3 is 0 Å². The molecule has 4 heteroatoms. The third kappa shape index (κ3) is 2.34. The van der Waals surface area contributed by atoms with Crippen LogP contribution in [0, 0.1) is 19.7 Å². The summed E-state index contributed by atoms with van der Waals surface area (Å²) in [5.74, 6) is -0.217. The van der Waals surface area contributed by atoms with E-state index in [0.717, 1.165) is 11.4 Å². The molecule has 1 aromatic carbocycles. The molecule has 0 unspecified atom stereocenters. The zero-order valence-corrected chi connectivity index (χ0v) is 13.4. The van der Waals surface area contributed by atoms with Crippen LogP contribution in [0.2, 0.25) is 0 Å². The maximum atomic E-state index is 13.1. The summed E-state index contributed by atoms with van der Waals surface area (Å²) in [5.41, 5.74) is 5.73. The van der Waals surface area contributed by atoms with E-state index in [9.17, 15) is 4.39 Å². The van der Waals surface area contributed by atoms with Crippen molar-refractivity contribution < 1.29 is 4.39 Å². The maximum absolute atomic E-state index is 13.1. The Morgan fingerprint density at radius 1 is 1.14 bits per heavy atom. The minimum atomic E-state index is -0.217. The Kier molecular flexibility index (Phi) is 3.61. The molecule has 114 valence electrons. The number of hydrogen-bond donors (Lipinski definition) is 0. The van der Waals surface area contributed by atoms with Crippen LogP contribution in [0.1, 0.15) is 17.0 Å². The standard InChI is InChI=1S/C18H20FN3/c1-12-13(2)22(4)18-16(12)9-10-20-17(18)11-21(3)15-7-5-14(19)6-8-15/h5-10H,11H2,1-4H3. The summed E-state index contributed by atoms with van der Waals surface area (Å²) >= 11 is 0. The number of halogens is 1. The molecular weight excluding hydrogens is 277 g/mol. The Morgan fingerprint density at radius 3 is 2.50 bits per heavy atom. The second kappa shape index (κ2) is 5.44. The van der Waals surface area contributed by atoms with Crippen molar-refractivity contribution in [1.82, 2.24) is 9.55 Å². The van der Waals surface area contributed by atoms with E-state index in [4.69, 9.17) is 0 Å². The Balaban J connectivity index is 2.00. The van der Waals surface area contributed by atoms with Crippen LogP contribution in [0.5, 0.6) is 0 Å². The summed E-state index contributed by atoms with van der Waals surface area (Å²) < 4.78 is 15.3. The highest BCUT2D eigenvalue weighted by Crippen LogP contribution is 2.27. The largest absolute Gasteiger partial charge is 0.369 e. The van der Waals surface area contributed by atoms with Gasteiger partial charge in [-0.05, 0) is 49.7 Å². The first-order valence-electron chi connectivity index (χ1n) is 7.35. The fourth-order valence-corrected chi connectivity index (χ4v) is 2.92. The van der Waals surface area contributed by atoms with Gasteiger partial charge in [-0.25, -0.2) is 4.39 Å². The fourth-order valence-electron chi connectivity index (χ4n) is 2.92. The molecule has 0 fully saturated rings. The van der Waals surface area contributed by atoms with E-state index in [1.165, 1.54) is 34.3 Å². The van der Waals surface area contributed by atoms with Crippen LogP contribution in [-0.4, -0.2) is 16.6 Å². The van der Waals surface area contributed by atoms with Gasteiger partial charge in [0.1, 0.15) is 5.82 Å². The van der Waals surface area contributed by atoms with Crippen LogP contribution in [0.4, 0.5) is 10.1 Å². The first kappa shape index (κ1) is 14.6. The monoisotopic (exact) mass is 297 g/mol. The summed E-state index contributed by atoms with van der Waals surface area (Å²) in [4.78, 5) is 6.65. The van der Waals surface area contributed by atoms with Crippen molar-refractivity contribution >= 4 is 16.6 Å². The first-order chi connectivity index (χ1) is 10.5. The molecule has 0 aliphatic rings. The number of aryl methyl sites for hydroxylation is 2. The van der Waals surface area contributed by atoms with E-state index < -0.39 is 0 Å². The molecule has 0 bridgehead atoms. The first-order valence-corrected chi connectivity index (χ1v) is 7.35. The van der Waals surface area contributed by atoms with E-state index in [1.54, 1.807) is 12.1 Å². The molecule has 0 radical (unpaired) electrons. The van der Waals surface area contributed by atoms with E-state index in [1.807, 2.05) is 13.2 Å². The molecule has 0 atom stereocenters. The van der Waals surface area contributed by atoms with E-state index >= 15 is 0 Å². The topological polar surface area (TPSA) is 21.1 Å². The number of benzene rings is 1. The lowest BCUT2D eigenvalue weighted by Gasteiger charge is -2.19. The Morgan fingerprint density at radius 2 is 1.82 bits per heavy atom. The molecule has 3 aromatic rings. The molecule has 0 amide bonds. The molecule has 2 aromatic heterocycles. The van der Waals surface area contributed by atoms with Gasteiger partial charge in [-0.15, -0.1) is 0 Å². The van der Waals surface area contributed by atoms with Crippen LogP contribution >= 0.6 is 0 Å². The highest BCUT2D eigenvalue weighted by atomic mass is 19.1. The van der Waals surface area contributed by atoms with Gasteiger partial charge < -0.3 is 9.47 Å². The number of aromatic nitrogens is 2. The second-order valence-electron chi connectivity index (χ2n) is 5.76. The zero-order chi connectivity index (χ0) is 15.9. The van der Waals surface area contributed by atoms with Crippen molar-refractivity contribution in [1.29, 1.82) is 0 Å². The zero-order valence-electron chi connectivity index (χ0n) is 13.4. The van der Waals surface area contributed by atoms with Gasteiger partial charge in [0, 0.05) is 37.1 Å². The van der Waals surface area contributed by atoms with E-state index in [0.29, 0.717) is 6.54 Å². The number of hydrogen-bond acceptors (Lipinski definition) is 2. The summed E-state index contributed by atoms with van der Waals surface area (Å²) in [6.07, 6.45) is 1.86. The Bertz CT molecular complexity index is 818. The lowest BCUT2D eigenvalue weighted by molar-refractivity contribution is 0.627. The van der Waals surface area contributed by atoms with Crippen molar-refractivity contribution in [2.24, 2.45) is 7.05 Å². The minimum absolute atomic E-state index is 0.217. The lowest BCUT2D eigenvalue weighted by Crippen LogP contribution is -2.18. The average Bonchev–Trinajstić information content (AvgIpc) is 2.73. The van der Waals surface area contributed by atoms with Crippen molar-refractivity contribution in [3.63, 3.8) is 0 Å². The van der Waals surface area contributed by atoms with Crippen molar-refractivity contribution in [2.45, 2.75) is 20.4 Å². The van der Waals surface area contributed by atoms with Crippen molar-refractivity contribution in [3.8, 4) is 0 Å². The van der Waals surface area contributed by atoms with Crippen LogP contribution in [0.3, 0.4) is 0 Å². The molecule has 3 nitrogen and oxygen atoms in total. The normalized spacial score (nSPS) is 11.1.